The van der Waals surface area contributed by atoms with E-state index in [0.29, 0.717) is 5.65 Å². The Labute approximate surface area is 124 Å². The molecule has 4 rings (SSSR count). The number of rotatable bonds is 2. The van der Waals surface area contributed by atoms with Crippen molar-refractivity contribution in [2.24, 2.45) is 7.05 Å². The third-order valence-corrected chi connectivity index (χ3v) is 4.47. The second-order valence-corrected chi connectivity index (χ2v) is 5.71. The van der Waals surface area contributed by atoms with Crippen LogP contribution in [0.2, 0.25) is 0 Å². The highest BCUT2D eigenvalue weighted by Crippen LogP contribution is 2.32. The normalized spacial score (nSPS) is 11.3. The Kier molecular flexibility index (Phi) is 2.61. The minimum absolute atomic E-state index is 0.628. The average Bonchev–Trinajstić information content (AvgIpc) is 3.17. The number of thiophene rings is 1. The van der Waals surface area contributed by atoms with Gasteiger partial charge >= 0.3 is 0 Å². The van der Waals surface area contributed by atoms with E-state index in [9.17, 15) is 0 Å². The molecule has 0 atom stereocenters. The Hall–Kier alpha value is -2.54. The van der Waals surface area contributed by atoms with Gasteiger partial charge in [0.25, 0.3) is 0 Å². The van der Waals surface area contributed by atoms with Gasteiger partial charge in [-0.3, -0.25) is 9.78 Å². The van der Waals surface area contributed by atoms with Gasteiger partial charge in [0.2, 0.25) is 0 Å². The molecule has 7 heteroatoms. The molecule has 4 aromatic rings. The van der Waals surface area contributed by atoms with Crippen LogP contribution in [0.4, 0.5) is 0 Å². The summed E-state index contributed by atoms with van der Waals surface area (Å²) in [4.78, 5) is 10.3. The number of nitrogens with one attached hydrogen (secondary N) is 1. The number of aromatic amines is 1. The molecular weight excluding hydrogens is 284 g/mol. The van der Waals surface area contributed by atoms with Crippen molar-refractivity contribution in [2.75, 3.05) is 0 Å². The molecular formula is C14H12N6S. The van der Waals surface area contributed by atoms with Crippen LogP contribution in [-0.2, 0) is 7.05 Å². The van der Waals surface area contributed by atoms with Crippen LogP contribution in [0.25, 0.3) is 33.1 Å². The Morgan fingerprint density at radius 3 is 2.90 bits per heavy atom. The zero-order valence-electron chi connectivity index (χ0n) is 11.5. The van der Waals surface area contributed by atoms with Crippen LogP contribution in [0.3, 0.4) is 0 Å². The molecule has 0 fully saturated rings. The molecule has 0 saturated carbocycles. The molecule has 4 heterocycles. The maximum atomic E-state index is 4.73. The Morgan fingerprint density at radius 1 is 1.29 bits per heavy atom. The van der Waals surface area contributed by atoms with Crippen molar-refractivity contribution in [1.29, 1.82) is 0 Å². The second kappa shape index (κ2) is 4.49. The van der Waals surface area contributed by atoms with Crippen LogP contribution in [0.15, 0.2) is 29.9 Å². The van der Waals surface area contributed by atoms with Crippen molar-refractivity contribution in [2.45, 2.75) is 6.92 Å². The minimum atomic E-state index is 0.628. The third kappa shape index (κ3) is 1.85. The molecule has 0 saturated heterocycles. The highest BCUT2D eigenvalue weighted by Gasteiger charge is 2.15. The van der Waals surface area contributed by atoms with Gasteiger partial charge in [-0.05, 0) is 30.0 Å². The standard InChI is InChI=1S/C14H12N6S/c1-8-4-6-21-13(8)11-12-14(19-18-11)15-7-9(17-12)10-3-5-16-20(10)2/h3-7H,1-2H3,(H,15,18,19). The van der Waals surface area contributed by atoms with Crippen LogP contribution >= 0.6 is 11.3 Å². The molecule has 0 aliphatic carbocycles. The number of hydrogen-bond acceptors (Lipinski definition) is 5. The largest absolute Gasteiger partial charge is 0.273 e. The maximum Gasteiger partial charge on any atom is 0.200 e. The van der Waals surface area contributed by atoms with Crippen LogP contribution in [0.1, 0.15) is 5.56 Å². The zero-order valence-corrected chi connectivity index (χ0v) is 12.3. The molecule has 21 heavy (non-hydrogen) atoms. The molecule has 4 aromatic heterocycles. The van der Waals surface area contributed by atoms with Crippen LogP contribution in [-0.4, -0.2) is 29.9 Å². The Balaban J connectivity index is 1.95. The van der Waals surface area contributed by atoms with Gasteiger partial charge in [-0.2, -0.15) is 10.2 Å². The minimum Gasteiger partial charge on any atom is -0.273 e. The van der Waals surface area contributed by atoms with E-state index >= 15 is 0 Å². The first-order valence-corrected chi connectivity index (χ1v) is 7.36. The molecule has 0 unspecified atom stereocenters. The lowest BCUT2D eigenvalue weighted by Crippen LogP contribution is -1.96. The molecule has 1 N–H and O–H groups in total. The topological polar surface area (TPSA) is 72.3 Å². The van der Waals surface area contributed by atoms with Crippen molar-refractivity contribution < 1.29 is 0 Å². The van der Waals surface area contributed by atoms with E-state index < -0.39 is 0 Å². The predicted molar refractivity (Wildman–Crippen MR) is 81.9 cm³/mol. The quantitative estimate of drug-likeness (QED) is 0.617. The molecule has 0 aliphatic rings. The van der Waals surface area contributed by atoms with Crippen molar-refractivity contribution in [1.82, 2.24) is 29.9 Å². The first kappa shape index (κ1) is 12.2. The lowest BCUT2D eigenvalue weighted by molar-refractivity contribution is 0.773. The van der Waals surface area contributed by atoms with E-state index in [1.807, 2.05) is 13.1 Å². The SMILES string of the molecule is Cc1ccsc1-c1[nH]nc2ncc(-c3ccnn3C)nc12. The summed E-state index contributed by atoms with van der Waals surface area (Å²) in [6.07, 6.45) is 3.48. The summed E-state index contributed by atoms with van der Waals surface area (Å²) in [7, 11) is 1.89. The first-order chi connectivity index (χ1) is 10.2. The monoisotopic (exact) mass is 296 g/mol. The van der Waals surface area contributed by atoms with E-state index in [1.165, 1.54) is 5.56 Å². The highest BCUT2D eigenvalue weighted by molar-refractivity contribution is 7.13. The lowest BCUT2D eigenvalue weighted by atomic mass is 10.2. The summed E-state index contributed by atoms with van der Waals surface area (Å²) in [6.45, 7) is 2.08. The average molecular weight is 296 g/mol. The number of nitrogens with zero attached hydrogens (tertiary/aromatic N) is 5. The van der Waals surface area contributed by atoms with E-state index in [4.69, 9.17) is 4.98 Å². The first-order valence-electron chi connectivity index (χ1n) is 6.48. The Bertz CT molecular complexity index is 932. The van der Waals surface area contributed by atoms with Gasteiger partial charge in [-0.25, -0.2) is 9.97 Å². The zero-order chi connectivity index (χ0) is 14.4. The van der Waals surface area contributed by atoms with E-state index in [1.54, 1.807) is 28.4 Å². The van der Waals surface area contributed by atoms with E-state index in [0.717, 1.165) is 27.5 Å². The number of aromatic nitrogens is 6. The molecule has 0 spiro atoms. The predicted octanol–water partition coefficient (Wildman–Crippen LogP) is 2.79. The fraction of sp³-hybridized carbons (Fsp3) is 0.143. The maximum absolute atomic E-state index is 4.73. The van der Waals surface area contributed by atoms with E-state index in [2.05, 4.69) is 38.7 Å². The number of aryl methyl sites for hydroxylation is 2. The van der Waals surface area contributed by atoms with Gasteiger partial charge in [0.05, 0.1) is 16.8 Å². The van der Waals surface area contributed by atoms with Gasteiger partial charge in [-0.15, -0.1) is 11.3 Å². The van der Waals surface area contributed by atoms with Crippen LogP contribution in [0, 0.1) is 6.92 Å². The summed E-state index contributed by atoms with van der Waals surface area (Å²) in [5, 5.41) is 13.5. The lowest BCUT2D eigenvalue weighted by Gasteiger charge is -2.01. The van der Waals surface area contributed by atoms with Crippen molar-refractivity contribution in [3.63, 3.8) is 0 Å². The third-order valence-electron chi connectivity index (χ3n) is 3.44. The molecule has 6 nitrogen and oxygen atoms in total. The summed E-state index contributed by atoms with van der Waals surface area (Å²) >= 11 is 1.67. The van der Waals surface area contributed by atoms with Crippen LogP contribution < -0.4 is 0 Å². The van der Waals surface area contributed by atoms with E-state index in [-0.39, 0.29) is 0 Å². The fourth-order valence-corrected chi connectivity index (χ4v) is 3.25. The Morgan fingerprint density at radius 2 is 2.19 bits per heavy atom. The fourth-order valence-electron chi connectivity index (χ4n) is 2.33. The van der Waals surface area contributed by atoms with Gasteiger partial charge in [0.1, 0.15) is 16.9 Å². The van der Waals surface area contributed by atoms with Gasteiger partial charge < -0.3 is 0 Å². The van der Waals surface area contributed by atoms with Gasteiger partial charge in [-0.1, -0.05) is 0 Å². The molecule has 0 amide bonds. The van der Waals surface area contributed by atoms with Crippen molar-refractivity contribution >= 4 is 22.5 Å². The number of hydrogen-bond donors (Lipinski definition) is 1. The smallest absolute Gasteiger partial charge is 0.200 e. The molecule has 0 radical (unpaired) electrons. The number of fused-ring (bicyclic) bond motifs is 1. The summed E-state index contributed by atoms with van der Waals surface area (Å²) < 4.78 is 1.78. The van der Waals surface area contributed by atoms with Crippen LogP contribution in [0.5, 0.6) is 0 Å². The molecule has 104 valence electrons. The molecule has 0 aromatic carbocycles. The second-order valence-electron chi connectivity index (χ2n) is 4.80. The summed E-state index contributed by atoms with van der Waals surface area (Å²) in [6, 6.07) is 4.01. The van der Waals surface area contributed by atoms with Gasteiger partial charge in [0, 0.05) is 13.2 Å². The number of H-pyrrole nitrogens is 1. The van der Waals surface area contributed by atoms with Gasteiger partial charge in [0.15, 0.2) is 5.65 Å². The van der Waals surface area contributed by atoms with Crippen molar-refractivity contribution in [3.8, 4) is 22.0 Å². The van der Waals surface area contributed by atoms with Crippen molar-refractivity contribution in [3.05, 3.63) is 35.5 Å². The highest BCUT2D eigenvalue weighted by atomic mass is 32.1. The molecule has 0 bridgehead atoms. The summed E-state index contributed by atoms with van der Waals surface area (Å²) in [5.74, 6) is 0. The molecule has 0 aliphatic heterocycles. The summed E-state index contributed by atoms with van der Waals surface area (Å²) in [5.41, 5.74) is 5.27.